The number of anilines is 1. The lowest BCUT2D eigenvalue weighted by molar-refractivity contribution is 0.0952. The maximum Gasteiger partial charge on any atom is 0.251 e. The van der Waals surface area contributed by atoms with Gasteiger partial charge in [0.25, 0.3) is 5.91 Å². The molecule has 0 radical (unpaired) electrons. The van der Waals surface area contributed by atoms with Gasteiger partial charge in [-0.05, 0) is 31.0 Å². The highest BCUT2D eigenvalue weighted by atomic mass is 16.5. The van der Waals surface area contributed by atoms with Gasteiger partial charge in [-0.25, -0.2) is 9.97 Å². The summed E-state index contributed by atoms with van der Waals surface area (Å²) in [5, 5.41) is 4.00. The Kier molecular flexibility index (Phi) is 6.37. The summed E-state index contributed by atoms with van der Waals surface area (Å²) in [6.07, 6.45) is 5.66. The number of fused-ring (bicyclic) bond motifs is 3. The zero-order valence-corrected chi connectivity index (χ0v) is 17.5. The fraction of sp³-hybridized carbons (Fsp3) is 0.304. The molecule has 160 valence electrons. The summed E-state index contributed by atoms with van der Waals surface area (Å²) in [6.45, 7) is 1.95. The number of amides is 1. The minimum Gasteiger partial charge on any atom is -0.384 e. The number of carbonyl (C=O) groups excluding carboxylic acids is 1. The summed E-state index contributed by atoms with van der Waals surface area (Å²) in [5.74, 6) is 1.29. The van der Waals surface area contributed by atoms with Crippen molar-refractivity contribution in [2.45, 2.75) is 25.8 Å². The van der Waals surface area contributed by atoms with Crippen LogP contribution in [0.1, 0.15) is 29.0 Å². The highest BCUT2D eigenvalue weighted by molar-refractivity contribution is 6.06. The number of benzene rings is 1. The van der Waals surface area contributed by atoms with E-state index in [2.05, 4.69) is 25.9 Å². The van der Waals surface area contributed by atoms with Crippen molar-refractivity contribution in [2.24, 2.45) is 0 Å². The van der Waals surface area contributed by atoms with Gasteiger partial charge < -0.3 is 20.4 Å². The van der Waals surface area contributed by atoms with Crippen LogP contribution >= 0.6 is 0 Å². The highest BCUT2D eigenvalue weighted by Gasteiger charge is 2.17. The SMILES string of the molecule is COCCc1nc2c(N)nc3ccccc3c2n1CCCCNC(=O)c1ccncc1. The van der Waals surface area contributed by atoms with E-state index < -0.39 is 0 Å². The number of nitrogens with one attached hydrogen (secondary N) is 1. The van der Waals surface area contributed by atoms with Gasteiger partial charge in [-0.2, -0.15) is 0 Å². The molecule has 0 aliphatic heterocycles. The highest BCUT2D eigenvalue weighted by Crippen LogP contribution is 2.29. The number of nitrogens with zero attached hydrogens (tertiary/aromatic N) is 4. The molecule has 3 heterocycles. The van der Waals surface area contributed by atoms with Crippen LogP contribution in [0.15, 0.2) is 48.8 Å². The average Bonchev–Trinajstić information content (AvgIpc) is 3.17. The largest absolute Gasteiger partial charge is 0.384 e. The monoisotopic (exact) mass is 418 g/mol. The fourth-order valence-electron chi connectivity index (χ4n) is 3.73. The Labute approximate surface area is 180 Å². The lowest BCUT2D eigenvalue weighted by Crippen LogP contribution is -2.24. The molecule has 0 bridgehead atoms. The van der Waals surface area contributed by atoms with E-state index in [9.17, 15) is 4.79 Å². The molecule has 0 fully saturated rings. The molecule has 31 heavy (non-hydrogen) atoms. The van der Waals surface area contributed by atoms with E-state index in [0.29, 0.717) is 31.0 Å². The van der Waals surface area contributed by atoms with Crippen LogP contribution in [0.5, 0.6) is 0 Å². The average molecular weight is 419 g/mol. The van der Waals surface area contributed by atoms with Gasteiger partial charge in [0.05, 0.1) is 17.6 Å². The zero-order valence-electron chi connectivity index (χ0n) is 17.5. The molecule has 8 nitrogen and oxygen atoms in total. The molecular formula is C23H26N6O2. The second-order valence-electron chi connectivity index (χ2n) is 7.33. The molecule has 0 saturated carbocycles. The van der Waals surface area contributed by atoms with E-state index in [1.807, 2.05) is 18.2 Å². The molecule has 3 aromatic heterocycles. The number of aryl methyl sites for hydroxylation is 1. The first kappa shape index (κ1) is 20.7. The van der Waals surface area contributed by atoms with Crippen molar-refractivity contribution in [3.05, 3.63) is 60.2 Å². The molecule has 0 unspecified atom stereocenters. The van der Waals surface area contributed by atoms with E-state index in [1.165, 1.54) is 0 Å². The summed E-state index contributed by atoms with van der Waals surface area (Å²) in [7, 11) is 1.68. The number of hydrogen-bond acceptors (Lipinski definition) is 6. The van der Waals surface area contributed by atoms with Crippen molar-refractivity contribution in [1.29, 1.82) is 0 Å². The van der Waals surface area contributed by atoms with E-state index in [0.717, 1.165) is 47.1 Å². The first-order valence-corrected chi connectivity index (χ1v) is 10.4. The topological polar surface area (TPSA) is 108 Å². The van der Waals surface area contributed by atoms with Gasteiger partial charge in [0.15, 0.2) is 5.82 Å². The standard InChI is InChI=1S/C23H26N6O2/c1-31-15-10-19-28-20-21(17-6-2-3-7-18(17)27-22(20)24)29(19)14-5-4-11-26-23(30)16-8-12-25-13-9-16/h2-3,6-9,12-13H,4-5,10-11,14-15H2,1H3,(H2,24,27)(H,26,30). The molecule has 0 atom stereocenters. The van der Waals surface area contributed by atoms with E-state index >= 15 is 0 Å². The normalized spacial score (nSPS) is 11.3. The fourth-order valence-corrected chi connectivity index (χ4v) is 3.73. The van der Waals surface area contributed by atoms with Crippen LogP contribution in [0.25, 0.3) is 21.9 Å². The molecule has 4 aromatic rings. The van der Waals surface area contributed by atoms with Crippen molar-refractivity contribution >= 4 is 33.7 Å². The predicted octanol–water partition coefficient (Wildman–Crippen LogP) is 2.96. The number of nitrogen functional groups attached to an aromatic ring is 1. The number of aromatic nitrogens is 4. The van der Waals surface area contributed by atoms with Crippen LogP contribution in [0.4, 0.5) is 5.82 Å². The van der Waals surface area contributed by atoms with Crippen molar-refractivity contribution < 1.29 is 9.53 Å². The smallest absolute Gasteiger partial charge is 0.251 e. The summed E-state index contributed by atoms with van der Waals surface area (Å²) >= 11 is 0. The van der Waals surface area contributed by atoms with Gasteiger partial charge >= 0.3 is 0 Å². The Balaban J connectivity index is 1.51. The van der Waals surface area contributed by atoms with Gasteiger partial charge in [0.2, 0.25) is 0 Å². The van der Waals surface area contributed by atoms with Crippen molar-refractivity contribution in [1.82, 2.24) is 24.8 Å². The Morgan fingerprint density at radius 3 is 2.74 bits per heavy atom. The zero-order chi connectivity index (χ0) is 21.6. The molecule has 0 saturated heterocycles. The van der Waals surface area contributed by atoms with E-state index in [1.54, 1.807) is 31.6 Å². The summed E-state index contributed by atoms with van der Waals surface area (Å²) < 4.78 is 7.50. The number of carbonyl (C=O) groups is 1. The van der Waals surface area contributed by atoms with Gasteiger partial charge in [0, 0.05) is 50.0 Å². The Hall–Kier alpha value is -3.52. The number of para-hydroxylation sites is 1. The minimum atomic E-state index is -0.0823. The van der Waals surface area contributed by atoms with E-state index in [4.69, 9.17) is 15.5 Å². The number of pyridine rings is 2. The van der Waals surface area contributed by atoms with E-state index in [-0.39, 0.29) is 5.91 Å². The number of imidazole rings is 1. The number of ether oxygens (including phenoxy) is 1. The maximum absolute atomic E-state index is 12.2. The van der Waals surface area contributed by atoms with Gasteiger partial charge in [-0.3, -0.25) is 9.78 Å². The summed E-state index contributed by atoms with van der Waals surface area (Å²) in [4.78, 5) is 25.4. The third-order valence-corrected chi connectivity index (χ3v) is 5.26. The second-order valence-corrected chi connectivity index (χ2v) is 7.33. The number of unbranched alkanes of at least 4 members (excludes halogenated alkanes) is 1. The molecule has 8 heteroatoms. The van der Waals surface area contributed by atoms with Crippen LogP contribution < -0.4 is 11.1 Å². The number of rotatable bonds is 9. The van der Waals surface area contributed by atoms with Gasteiger partial charge in [-0.1, -0.05) is 18.2 Å². The molecule has 0 spiro atoms. The number of methoxy groups -OCH3 is 1. The quantitative estimate of drug-likeness (QED) is 0.405. The third-order valence-electron chi connectivity index (χ3n) is 5.26. The van der Waals surface area contributed by atoms with Gasteiger partial charge in [0.1, 0.15) is 11.3 Å². The lowest BCUT2D eigenvalue weighted by Gasteiger charge is -2.11. The minimum absolute atomic E-state index is 0.0823. The molecule has 1 amide bonds. The molecule has 4 rings (SSSR count). The van der Waals surface area contributed by atoms with Crippen LogP contribution in [0.2, 0.25) is 0 Å². The summed E-state index contributed by atoms with van der Waals surface area (Å²) in [5.41, 5.74) is 9.44. The number of nitrogens with two attached hydrogens (primary N) is 1. The van der Waals surface area contributed by atoms with Crippen LogP contribution in [-0.4, -0.2) is 45.7 Å². The lowest BCUT2D eigenvalue weighted by atomic mass is 10.2. The van der Waals surface area contributed by atoms with Crippen molar-refractivity contribution in [2.75, 3.05) is 26.0 Å². The Morgan fingerprint density at radius 1 is 1.13 bits per heavy atom. The molecular weight excluding hydrogens is 392 g/mol. The predicted molar refractivity (Wildman–Crippen MR) is 121 cm³/mol. The first-order valence-electron chi connectivity index (χ1n) is 10.4. The Morgan fingerprint density at radius 2 is 1.94 bits per heavy atom. The maximum atomic E-state index is 12.2. The first-order chi connectivity index (χ1) is 15.2. The van der Waals surface area contributed by atoms with Crippen LogP contribution in [0.3, 0.4) is 0 Å². The van der Waals surface area contributed by atoms with Crippen molar-refractivity contribution in [3.8, 4) is 0 Å². The number of hydrogen-bond donors (Lipinski definition) is 2. The Bertz CT molecular complexity index is 1190. The molecule has 3 N–H and O–H groups in total. The molecule has 0 aliphatic rings. The third kappa shape index (κ3) is 4.49. The molecule has 0 aliphatic carbocycles. The summed E-state index contributed by atoms with van der Waals surface area (Å²) in [6, 6.07) is 11.4. The molecule has 1 aromatic carbocycles. The second kappa shape index (κ2) is 9.53. The van der Waals surface area contributed by atoms with Crippen LogP contribution in [-0.2, 0) is 17.7 Å². The van der Waals surface area contributed by atoms with Gasteiger partial charge in [-0.15, -0.1) is 0 Å². The van der Waals surface area contributed by atoms with Crippen LogP contribution in [0, 0.1) is 0 Å². The van der Waals surface area contributed by atoms with Crippen molar-refractivity contribution in [3.63, 3.8) is 0 Å².